The summed E-state index contributed by atoms with van der Waals surface area (Å²) in [5, 5.41) is 15.7. The molecule has 82 valence electrons. The number of aliphatic hydroxyl groups excluding tert-OH is 1. The van der Waals surface area contributed by atoms with E-state index in [0.717, 1.165) is 13.0 Å². The minimum atomic E-state index is -0.945. The lowest BCUT2D eigenvalue weighted by Crippen LogP contribution is -2.30. The number of hydrogen-bond donors (Lipinski definition) is 5. The molecule has 3 unspecified atom stereocenters. The third-order valence-electron chi connectivity index (χ3n) is 2.26. The summed E-state index contributed by atoms with van der Waals surface area (Å²) in [4.78, 5) is 10.8. The molecule has 0 aromatic carbocycles. The Morgan fingerprint density at radius 3 is 2.86 bits per heavy atom. The Bertz CT molecular complexity index is 203. The summed E-state index contributed by atoms with van der Waals surface area (Å²) < 4.78 is 2.11. The summed E-state index contributed by atoms with van der Waals surface area (Å²) in [6, 6.07) is 0.542. The fourth-order valence-electron chi connectivity index (χ4n) is 1.22. The lowest BCUT2D eigenvalue weighted by molar-refractivity contribution is -0.127. The van der Waals surface area contributed by atoms with E-state index < -0.39 is 12.0 Å². The van der Waals surface area contributed by atoms with Crippen LogP contribution >= 0.6 is 12.8 Å². The van der Waals surface area contributed by atoms with Crippen LogP contribution in [0, 0.1) is 0 Å². The van der Waals surface area contributed by atoms with Crippen LogP contribution in [0.5, 0.6) is 0 Å². The first-order valence-electron chi connectivity index (χ1n) is 4.76. The summed E-state index contributed by atoms with van der Waals surface area (Å²) in [5.41, 5.74) is 0. The maximum atomic E-state index is 10.8. The molecule has 1 aliphatic heterocycles. The first kappa shape index (κ1) is 11.8. The van der Waals surface area contributed by atoms with Gasteiger partial charge in [-0.05, 0) is 26.3 Å². The number of carbonyl (C=O) groups is 1. The van der Waals surface area contributed by atoms with Gasteiger partial charge in [-0.3, -0.25) is 10.1 Å². The summed E-state index contributed by atoms with van der Waals surface area (Å²) in [7, 11) is 0. The summed E-state index contributed by atoms with van der Waals surface area (Å²) in [5.74, 6) is -0.439. The molecule has 6 heteroatoms. The standard InChI is InChI=1S/C8H17N3O2S/c1-5-7(10-5)9-4-2-3-6(12)8(13)11-14/h5-7,9-10,12,14H,2-4H2,1H3,(H,11,13). The van der Waals surface area contributed by atoms with Crippen molar-refractivity contribution < 1.29 is 9.90 Å². The van der Waals surface area contributed by atoms with Crippen molar-refractivity contribution in [3.8, 4) is 0 Å². The maximum Gasteiger partial charge on any atom is 0.258 e. The Kier molecular flexibility index (Phi) is 4.67. The van der Waals surface area contributed by atoms with Gasteiger partial charge in [-0.2, -0.15) is 0 Å². The molecule has 1 heterocycles. The Balaban J connectivity index is 1.95. The predicted molar refractivity (Wildman–Crippen MR) is 56.8 cm³/mol. The van der Waals surface area contributed by atoms with E-state index in [9.17, 15) is 9.90 Å². The smallest absolute Gasteiger partial charge is 0.258 e. The molecule has 4 N–H and O–H groups in total. The number of rotatable bonds is 6. The van der Waals surface area contributed by atoms with Crippen LogP contribution in [-0.2, 0) is 4.79 Å². The first-order valence-corrected chi connectivity index (χ1v) is 5.21. The average molecular weight is 219 g/mol. The molecule has 0 bridgehead atoms. The second-order valence-corrected chi connectivity index (χ2v) is 3.74. The topological polar surface area (TPSA) is 83.3 Å². The van der Waals surface area contributed by atoms with Crippen LogP contribution in [0.3, 0.4) is 0 Å². The van der Waals surface area contributed by atoms with Gasteiger partial charge >= 0.3 is 0 Å². The molecule has 3 atom stereocenters. The van der Waals surface area contributed by atoms with Crippen molar-refractivity contribution in [2.24, 2.45) is 0 Å². The number of thiol groups is 1. The lowest BCUT2D eigenvalue weighted by atomic mass is 10.2. The molecule has 1 amide bonds. The van der Waals surface area contributed by atoms with E-state index in [2.05, 4.69) is 35.1 Å². The van der Waals surface area contributed by atoms with Gasteiger partial charge in [-0.15, -0.1) is 0 Å². The Labute approximate surface area is 89.2 Å². The normalized spacial score (nSPS) is 27.1. The molecular formula is C8H17N3O2S. The molecule has 0 aromatic rings. The zero-order valence-corrected chi connectivity index (χ0v) is 9.05. The molecule has 1 fully saturated rings. The Morgan fingerprint density at radius 1 is 1.71 bits per heavy atom. The van der Waals surface area contributed by atoms with Crippen LogP contribution < -0.4 is 15.4 Å². The molecule has 1 saturated heterocycles. The quantitative estimate of drug-likeness (QED) is 0.225. The fourth-order valence-corrected chi connectivity index (χ4v) is 1.37. The number of amides is 1. The molecule has 1 rings (SSSR count). The average Bonchev–Trinajstić information content (AvgIpc) is 2.87. The number of carbonyl (C=O) groups excluding carboxylic acids is 1. The molecule has 5 nitrogen and oxygen atoms in total. The van der Waals surface area contributed by atoms with Gasteiger partial charge in [0.2, 0.25) is 0 Å². The predicted octanol–water partition coefficient (Wildman–Crippen LogP) is -1.00. The van der Waals surface area contributed by atoms with Crippen molar-refractivity contribution in [3.63, 3.8) is 0 Å². The third kappa shape index (κ3) is 3.83. The van der Waals surface area contributed by atoms with Gasteiger partial charge < -0.3 is 15.1 Å². The van der Waals surface area contributed by atoms with Crippen molar-refractivity contribution in [3.05, 3.63) is 0 Å². The van der Waals surface area contributed by atoms with Crippen molar-refractivity contribution in [1.29, 1.82) is 0 Å². The number of hydrogen-bond acceptors (Lipinski definition) is 5. The van der Waals surface area contributed by atoms with Crippen molar-refractivity contribution in [2.45, 2.75) is 38.1 Å². The highest BCUT2D eigenvalue weighted by molar-refractivity contribution is 7.78. The van der Waals surface area contributed by atoms with Crippen LogP contribution in [0.4, 0.5) is 0 Å². The van der Waals surface area contributed by atoms with E-state index in [1.807, 2.05) is 0 Å². The molecular weight excluding hydrogens is 202 g/mol. The largest absolute Gasteiger partial charge is 0.383 e. The zero-order valence-electron chi connectivity index (χ0n) is 8.16. The van der Waals surface area contributed by atoms with Crippen LogP contribution in [0.1, 0.15) is 19.8 Å². The third-order valence-corrected chi connectivity index (χ3v) is 2.49. The van der Waals surface area contributed by atoms with Gasteiger partial charge in [-0.1, -0.05) is 12.8 Å². The number of nitrogens with one attached hydrogen (secondary N) is 3. The second-order valence-electron chi connectivity index (χ2n) is 3.52. The lowest BCUT2D eigenvalue weighted by Gasteiger charge is -2.08. The second kappa shape index (κ2) is 5.55. The van der Waals surface area contributed by atoms with Gasteiger partial charge in [0.25, 0.3) is 5.91 Å². The summed E-state index contributed by atoms with van der Waals surface area (Å²) in [6.07, 6.45) is 0.693. The Morgan fingerprint density at radius 2 is 2.36 bits per heavy atom. The highest BCUT2D eigenvalue weighted by atomic mass is 32.1. The van der Waals surface area contributed by atoms with Gasteiger partial charge in [0.15, 0.2) is 0 Å². The minimum absolute atomic E-state index is 0.408. The molecule has 1 aliphatic rings. The van der Waals surface area contributed by atoms with Gasteiger partial charge in [0.1, 0.15) is 6.10 Å². The highest BCUT2D eigenvalue weighted by Crippen LogP contribution is 2.05. The van der Waals surface area contributed by atoms with Crippen LogP contribution in [0.2, 0.25) is 0 Å². The fraction of sp³-hybridized carbons (Fsp3) is 0.875. The van der Waals surface area contributed by atoms with E-state index in [1.165, 1.54) is 0 Å². The van der Waals surface area contributed by atoms with Gasteiger partial charge in [0, 0.05) is 6.04 Å². The van der Waals surface area contributed by atoms with Crippen LogP contribution in [0.25, 0.3) is 0 Å². The van der Waals surface area contributed by atoms with E-state index in [-0.39, 0.29) is 0 Å². The molecule has 0 saturated carbocycles. The minimum Gasteiger partial charge on any atom is -0.383 e. The molecule has 0 aromatic heterocycles. The SMILES string of the molecule is CC1NC1NCCCC(O)C(=O)NS. The monoisotopic (exact) mass is 219 g/mol. The van der Waals surface area contributed by atoms with Crippen molar-refractivity contribution >= 4 is 18.7 Å². The maximum absolute atomic E-state index is 10.8. The van der Waals surface area contributed by atoms with E-state index in [1.54, 1.807) is 0 Å². The summed E-state index contributed by atoms with van der Waals surface area (Å²) >= 11 is 3.57. The van der Waals surface area contributed by atoms with Crippen LogP contribution in [0.15, 0.2) is 0 Å². The van der Waals surface area contributed by atoms with Crippen molar-refractivity contribution in [1.82, 2.24) is 15.4 Å². The first-order chi connectivity index (χ1) is 6.65. The summed E-state index contributed by atoms with van der Waals surface area (Å²) in [6.45, 7) is 2.90. The molecule has 0 radical (unpaired) electrons. The van der Waals surface area contributed by atoms with Gasteiger partial charge in [0.05, 0.1) is 6.17 Å². The molecule has 0 spiro atoms. The molecule has 14 heavy (non-hydrogen) atoms. The van der Waals surface area contributed by atoms with E-state index in [4.69, 9.17) is 0 Å². The van der Waals surface area contributed by atoms with Crippen molar-refractivity contribution in [2.75, 3.05) is 6.54 Å². The zero-order chi connectivity index (χ0) is 10.6. The van der Waals surface area contributed by atoms with E-state index >= 15 is 0 Å². The highest BCUT2D eigenvalue weighted by Gasteiger charge is 2.30. The Hall–Kier alpha value is -0.300. The molecule has 0 aliphatic carbocycles. The number of aliphatic hydroxyl groups is 1. The van der Waals surface area contributed by atoms with Gasteiger partial charge in [-0.25, -0.2) is 0 Å². The van der Waals surface area contributed by atoms with E-state index in [0.29, 0.717) is 18.6 Å². The van der Waals surface area contributed by atoms with Crippen LogP contribution in [-0.4, -0.2) is 35.9 Å².